The predicted octanol–water partition coefficient (Wildman–Crippen LogP) is 3.79. The number of benzene rings is 2. The lowest BCUT2D eigenvalue weighted by atomic mass is 10.1. The van der Waals surface area contributed by atoms with Crippen molar-refractivity contribution in [3.05, 3.63) is 58.9 Å². The first kappa shape index (κ1) is 13.1. The van der Waals surface area contributed by atoms with Crippen LogP contribution in [0.15, 0.2) is 53.3 Å². The molecule has 0 aliphatic carbocycles. The number of rotatable bonds is 2. The zero-order valence-corrected chi connectivity index (χ0v) is 12.4. The van der Waals surface area contributed by atoms with Crippen molar-refractivity contribution in [2.75, 3.05) is 5.32 Å². The highest BCUT2D eigenvalue weighted by molar-refractivity contribution is 5.83. The third kappa shape index (κ3) is 1.84. The predicted molar refractivity (Wildman–Crippen MR) is 89.0 cm³/mol. The molecule has 0 fully saturated rings. The number of nitrogens with zero attached hydrogens (tertiary/aromatic N) is 2. The lowest BCUT2D eigenvalue weighted by molar-refractivity contribution is 0.495. The van der Waals surface area contributed by atoms with Crippen LogP contribution in [0.5, 0.6) is 0 Å². The average Bonchev–Trinajstić information content (AvgIpc) is 2.55. The van der Waals surface area contributed by atoms with E-state index < -0.39 is 0 Å². The van der Waals surface area contributed by atoms with E-state index in [0.717, 1.165) is 35.4 Å². The summed E-state index contributed by atoms with van der Waals surface area (Å²) in [7, 11) is 0. The van der Waals surface area contributed by atoms with Gasteiger partial charge in [-0.3, -0.25) is 9.36 Å². The van der Waals surface area contributed by atoms with Crippen LogP contribution < -0.4 is 10.9 Å². The van der Waals surface area contributed by atoms with Gasteiger partial charge in [0.25, 0.3) is 5.56 Å². The molecular formula is C18H17N3O. The van der Waals surface area contributed by atoms with E-state index in [4.69, 9.17) is 4.98 Å². The van der Waals surface area contributed by atoms with Crippen LogP contribution >= 0.6 is 0 Å². The summed E-state index contributed by atoms with van der Waals surface area (Å²) < 4.78 is 1.81. The largest absolute Gasteiger partial charge is 0.364 e. The molecule has 1 aromatic heterocycles. The minimum Gasteiger partial charge on any atom is -0.364 e. The van der Waals surface area contributed by atoms with Gasteiger partial charge < -0.3 is 5.32 Å². The minimum absolute atomic E-state index is 0.0288. The van der Waals surface area contributed by atoms with Crippen LogP contribution in [-0.2, 0) is 0 Å². The van der Waals surface area contributed by atoms with Crippen molar-refractivity contribution in [2.24, 2.45) is 0 Å². The Kier molecular flexibility index (Phi) is 2.96. The number of hydrogen-bond donors (Lipinski definition) is 1. The molecule has 0 amide bonds. The van der Waals surface area contributed by atoms with Crippen LogP contribution in [0.4, 0.5) is 5.69 Å². The lowest BCUT2D eigenvalue weighted by Crippen LogP contribution is -2.34. The van der Waals surface area contributed by atoms with Crippen molar-refractivity contribution in [1.82, 2.24) is 9.55 Å². The molecule has 1 aliphatic rings. The van der Waals surface area contributed by atoms with Crippen molar-refractivity contribution in [3.8, 4) is 11.4 Å². The molecule has 0 saturated heterocycles. The molecule has 22 heavy (non-hydrogen) atoms. The minimum atomic E-state index is -0.0421. The Morgan fingerprint density at radius 1 is 1.14 bits per heavy atom. The van der Waals surface area contributed by atoms with E-state index in [1.807, 2.05) is 53.1 Å². The maximum absolute atomic E-state index is 13.0. The third-order valence-corrected chi connectivity index (χ3v) is 4.17. The van der Waals surface area contributed by atoms with Gasteiger partial charge in [0.05, 0.1) is 10.9 Å². The van der Waals surface area contributed by atoms with Gasteiger partial charge in [-0.1, -0.05) is 37.6 Å². The summed E-state index contributed by atoms with van der Waals surface area (Å²) in [5, 5.41) is 4.16. The van der Waals surface area contributed by atoms with Crippen molar-refractivity contribution in [3.63, 3.8) is 0 Å². The van der Waals surface area contributed by atoms with Gasteiger partial charge in [0.2, 0.25) is 0 Å². The number of nitrogens with one attached hydrogen (secondary N) is 1. The van der Waals surface area contributed by atoms with E-state index in [1.165, 1.54) is 0 Å². The van der Waals surface area contributed by atoms with E-state index >= 15 is 0 Å². The molecule has 4 nitrogen and oxygen atoms in total. The molecule has 110 valence electrons. The molecule has 0 radical (unpaired) electrons. The fourth-order valence-electron chi connectivity index (χ4n) is 3.15. The Bertz CT molecular complexity index is 914. The van der Waals surface area contributed by atoms with Crippen LogP contribution in [0, 0.1) is 0 Å². The van der Waals surface area contributed by atoms with Crippen LogP contribution in [-0.4, -0.2) is 9.55 Å². The quantitative estimate of drug-likeness (QED) is 0.781. The first-order valence-corrected chi connectivity index (χ1v) is 7.67. The summed E-state index contributed by atoms with van der Waals surface area (Å²) in [4.78, 5) is 17.7. The van der Waals surface area contributed by atoms with E-state index in [0.29, 0.717) is 5.39 Å². The van der Waals surface area contributed by atoms with Crippen LogP contribution in [0.1, 0.15) is 25.9 Å². The Balaban J connectivity index is 2.09. The Labute approximate surface area is 128 Å². The van der Waals surface area contributed by atoms with Crippen molar-refractivity contribution >= 4 is 16.6 Å². The normalized spacial score (nSPS) is 16.0. The maximum atomic E-state index is 13.0. The molecule has 4 heteroatoms. The third-order valence-electron chi connectivity index (χ3n) is 4.17. The number of hydrogen-bond acceptors (Lipinski definition) is 3. The second-order valence-electron chi connectivity index (χ2n) is 5.62. The second-order valence-corrected chi connectivity index (χ2v) is 5.62. The molecule has 3 aromatic rings. The van der Waals surface area contributed by atoms with Gasteiger partial charge in [0.15, 0.2) is 0 Å². The van der Waals surface area contributed by atoms with Crippen LogP contribution in [0.25, 0.3) is 22.3 Å². The highest BCUT2D eigenvalue weighted by Gasteiger charge is 2.26. The van der Waals surface area contributed by atoms with Crippen LogP contribution in [0.3, 0.4) is 0 Å². The number of para-hydroxylation sites is 2. The van der Waals surface area contributed by atoms with Gasteiger partial charge >= 0.3 is 0 Å². The van der Waals surface area contributed by atoms with Crippen molar-refractivity contribution in [1.29, 1.82) is 0 Å². The van der Waals surface area contributed by atoms with E-state index in [1.54, 1.807) is 0 Å². The summed E-state index contributed by atoms with van der Waals surface area (Å²) in [5.41, 5.74) is 2.81. The van der Waals surface area contributed by atoms with E-state index in [9.17, 15) is 4.79 Å². The van der Waals surface area contributed by atoms with Crippen molar-refractivity contribution < 1.29 is 0 Å². The molecular weight excluding hydrogens is 274 g/mol. The van der Waals surface area contributed by atoms with E-state index in [-0.39, 0.29) is 11.7 Å². The highest BCUT2D eigenvalue weighted by Crippen LogP contribution is 2.35. The Hall–Kier alpha value is -2.62. The van der Waals surface area contributed by atoms with Crippen molar-refractivity contribution in [2.45, 2.75) is 25.9 Å². The summed E-state index contributed by atoms with van der Waals surface area (Å²) in [6.07, 6.45) is 1.85. The molecule has 1 aliphatic heterocycles. The Morgan fingerprint density at radius 3 is 2.77 bits per heavy atom. The van der Waals surface area contributed by atoms with Gasteiger partial charge in [0.1, 0.15) is 12.0 Å². The summed E-state index contributed by atoms with van der Waals surface area (Å²) in [5.74, 6) is 0.761. The molecule has 1 atom stereocenters. The average molecular weight is 291 g/mol. The number of anilines is 1. The zero-order chi connectivity index (χ0) is 15.1. The summed E-state index contributed by atoms with van der Waals surface area (Å²) >= 11 is 0. The van der Waals surface area contributed by atoms with Gasteiger partial charge in [0, 0.05) is 11.3 Å². The molecule has 0 bridgehead atoms. The topological polar surface area (TPSA) is 46.9 Å². The lowest BCUT2D eigenvalue weighted by Gasteiger charge is -2.30. The number of aromatic nitrogens is 2. The highest BCUT2D eigenvalue weighted by atomic mass is 16.1. The first-order valence-electron chi connectivity index (χ1n) is 7.67. The molecule has 2 aromatic carbocycles. The molecule has 1 unspecified atom stereocenters. The van der Waals surface area contributed by atoms with Gasteiger partial charge in [-0.15, -0.1) is 0 Å². The monoisotopic (exact) mass is 291 g/mol. The molecule has 4 rings (SSSR count). The van der Waals surface area contributed by atoms with Gasteiger partial charge in [-0.25, -0.2) is 4.98 Å². The molecule has 0 saturated carbocycles. The fraction of sp³-hybridized carbons (Fsp3) is 0.222. The van der Waals surface area contributed by atoms with Gasteiger partial charge in [-0.2, -0.15) is 0 Å². The summed E-state index contributed by atoms with van der Waals surface area (Å²) in [6, 6.07) is 15.6. The van der Waals surface area contributed by atoms with Crippen LogP contribution in [0.2, 0.25) is 0 Å². The molecule has 0 spiro atoms. The zero-order valence-electron chi connectivity index (χ0n) is 12.4. The van der Waals surface area contributed by atoms with Gasteiger partial charge in [-0.05, 0) is 30.7 Å². The summed E-state index contributed by atoms with van der Waals surface area (Å²) in [6.45, 7) is 2.13. The Morgan fingerprint density at radius 2 is 1.91 bits per heavy atom. The maximum Gasteiger partial charge on any atom is 0.263 e. The smallest absolute Gasteiger partial charge is 0.263 e. The first-order chi connectivity index (χ1) is 10.8. The second kappa shape index (κ2) is 4.98. The molecule has 2 heterocycles. The fourth-order valence-corrected chi connectivity index (χ4v) is 3.15. The SMILES string of the molecule is CCCC1Nc2ccccc2-c2nc3ccccc3c(=O)n21. The van der Waals surface area contributed by atoms with E-state index in [2.05, 4.69) is 12.2 Å². The standard InChI is InChI=1S/C18H17N3O/c1-2-7-16-19-14-10-5-3-8-12(14)17-20-15-11-6-4-9-13(15)18(22)21(16)17/h3-6,8-11,16,19H,2,7H2,1H3. The molecule has 1 N–H and O–H groups in total. The number of fused-ring (bicyclic) bond motifs is 4.